The number of para-hydroxylation sites is 1. The van der Waals surface area contributed by atoms with Gasteiger partial charge in [0.15, 0.2) is 11.6 Å². The molecule has 2 rings (SSSR count). The van der Waals surface area contributed by atoms with Gasteiger partial charge in [-0.1, -0.05) is 12.1 Å². The van der Waals surface area contributed by atoms with Crippen LogP contribution in [0, 0.1) is 0 Å². The molecule has 27 heavy (non-hydrogen) atoms. The quantitative estimate of drug-likeness (QED) is 0.325. The SMILES string of the molecule is C[C@H](N)C(=O)Oc1ccccc1/N=N/c1ccc(NC(=O)CCN)nc1N. The standard InChI is InChI=1S/C17H21N7O3/c1-10(19)17(26)27-13-5-3-2-4-11(13)23-24-12-6-7-14(22-16(12)20)21-15(25)8-9-18/h2-7,10H,8-9,18-19H2,1H3,(H3,20,21,22,25)/b24-23+/t10-/m0/s1. The third kappa shape index (κ3) is 5.83. The molecular formula is C17H21N7O3. The topological polar surface area (TPSA) is 171 Å². The van der Waals surface area contributed by atoms with Crippen LogP contribution in [0.2, 0.25) is 0 Å². The molecule has 0 bridgehead atoms. The van der Waals surface area contributed by atoms with Crippen molar-refractivity contribution in [3.8, 4) is 5.75 Å². The van der Waals surface area contributed by atoms with Gasteiger partial charge in [0.25, 0.3) is 0 Å². The number of azo groups is 1. The highest BCUT2D eigenvalue weighted by molar-refractivity contribution is 5.90. The van der Waals surface area contributed by atoms with Crippen molar-refractivity contribution in [2.45, 2.75) is 19.4 Å². The van der Waals surface area contributed by atoms with E-state index in [0.717, 1.165) is 0 Å². The van der Waals surface area contributed by atoms with Crippen molar-refractivity contribution in [2.24, 2.45) is 21.7 Å². The van der Waals surface area contributed by atoms with Crippen LogP contribution in [0.25, 0.3) is 0 Å². The third-order valence-electron chi connectivity index (χ3n) is 3.25. The average molecular weight is 371 g/mol. The fourth-order valence-corrected chi connectivity index (χ4v) is 1.89. The normalized spacial score (nSPS) is 12.0. The number of amides is 1. The van der Waals surface area contributed by atoms with Crippen molar-refractivity contribution in [1.29, 1.82) is 0 Å². The zero-order valence-electron chi connectivity index (χ0n) is 14.8. The summed E-state index contributed by atoms with van der Waals surface area (Å²) < 4.78 is 5.19. The molecule has 0 aliphatic heterocycles. The highest BCUT2D eigenvalue weighted by Gasteiger charge is 2.13. The monoisotopic (exact) mass is 371 g/mol. The molecule has 10 nitrogen and oxygen atoms in total. The van der Waals surface area contributed by atoms with E-state index in [1.165, 1.54) is 6.92 Å². The van der Waals surface area contributed by atoms with E-state index in [4.69, 9.17) is 21.9 Å². The molecule has 7 N–H and O–H groups in total. The number of benzene rings is 1. The molecule has 1 aromatic carbocycles. The maximum atomic E-state index is 11.7. The van der Waals surface area contributed by atoms with E-state index in [2.05, 4.69) is 20.5 Å². The van der Waals surface area contributed by atoms with Gasteiger partial charge in [0.05, 0.1) is 0 Å². The molecule has 0 saturated heterocycles. The van der Waals surface area contributed by atoms with E-state index in [1.54, 1.807) is 36.4 Å². The number of pyridine rings is 1. The Morgan fingerprint density at radius 1 is 1.19 bits per heavy atom. The number of anilines is 2. The Hall–Kier alpha value is -3.37. The predicted octanol–water partition coefficient (Wildman–Crippen LogP) is 1.62. The second-order valence-corrected chi connectivity index (χ2v) is 5.57. The van der Waals surface area contributed by atoms with Crippen molar-refractivity contribution in [3.05, 3.63) is 36.4 Å². The third-order valence-corrected chi connectivity index (χ3v) is 3.25. The number of nitrogens with two attached hydrogens (primary N) is 3. The van der Waals surface area contributed by atoms with Crippen LogP contribution in [-0.2, 0) is 9.59 Å². The number of hydrogen-bond acceptors (Lipinski definition) is 9. The van der Waals surface area contributed by atoms with Gasteiger partial charge in [-0.3, -0.25) is 4.79 Å². The summed E-state index contributed by atoms with van der Waals surface area (Å²) in [4.78, 5) is 27.3. The number of aromatic nitrogens is 1. The first-order chi connectivity index (χ1) is 12.9. The summed E-state index contributed by atoms with van der Waals surface area (Å²) in [5, 5.41) is 10.7. The van der Waals surface area contributed by atoms with E-state index in [9.17, 15) is 9.59 Å². The molecule has 10 heteroatoms. The van der Waals surface area contributed by atoms with Crippen LogP contribution >= 0.6 is 0 Å². The smallest absolute Gasteiger partial charge is 0.328 e. The summed E-state index contributed by atoms with van der Waals surface area (Å²) in [7, 11) is 0. The number of carbonyl (C=O) groups excluding carboxylic acids is 2. The van der Waals surface area contributed by atoms with Crippen LogP contribution in [0.15, 0.2) is 46.6 Å². The van der Waals surface area contributed by atoms with Crippen LogP contribution in [0.1, 0.15) is 13.3 Å². The summed E-state index contributed by atoms with van der Waals surface area (Å²) in [5.41, 5.74) is 17.3. The van der Waals surface area contributed by atoms with Gasteiger partial charge in [0.1, 0.15) is 23.2 Å². The number of rotatable bonds is 7. The number of nitrogen functional groups attached to an aromatic ring is 1. The van der Waals surface area contributed by atoms with E-state index in [-0.39, 0.29) is 36.3 Å². The van der Waals surface area contributed by atoms with Crippen LogP contribution in [-0.4, -0.2) is 29.4 Å². The van der Waals surface area contributed by atoms with Crippen LogP contribution < -0.4 is 27.3 Å². The minimum atomic E-state index is -0.767. The molecule has 1 atom stereocenters. The van der Waals surface area contributed by atoms with E-state index < -0.39 is 12.0 Å². The maximum absolute atomic E-state index is 11.7. The highest BCUT2D eigenvalue weighted by Crippen LogP contribution is 2.30. The largest absolute Gasteiger partial charge is 0.423 e. The van der Waals surface area contributed by atoms with Crippen LogP contribution in [0.3, 0.4) is 0 Å². The van der Waals surface area contributed by atoms with Gasteiger partial charge >= 0.3 is 5.97 Å². The first-order valence-corrected chi connectivity index (χ1v) is 8.15. The maximum Gasteiger partial charge on any atom is 0.328 e. The molecule has 142 valence electrons. The summed E-state index contributed by atoms with van der Waals surface area (Å²) >= 11 is 0. The minimum Gasteiger partial charge on any atom is -0.423 e. The molecule has 0 saturated carbocycles. The van der Waals surface area contributed by atoms with E-state index in [1.807, 2.05) is 0 Å². The van der Waals surface area contributed by atoms with Gasteiger partial charge in [0.2, 0.25) is 5.91 Å². The van der Waals surface area contributed by atoms with Gasteiger partial charge in [-0.05, 0) is 31.2 Å². The molecule has 0 spiro atoms. The predicted molar refractivity (Wildman–Crippen MR) is 101 cm³/mol. The fraction of sp³-hybridized carbons (Fsp3) is 0.235. The molecule has 2 aromatic rings. The van der Waals surface area contributed by atoms with Crippen molar-refractivity contribution < 1.29 is 14.3 Å². The van der Waals surface area contributed by atoms with Crippen molar-refractivity contribution in [3.63, 3.8) is 0 Å². The van der Waals surface area contributed by atoms with E-state index >= 15 is 0 Å². The van der Waals surface area contributed by atoms with Gasteiger partial charge in [0, 0.05) is 13.0 Å². The average Bonchev–Trinajstić information content (AvgIpc) is 2.62. The summed E-state index contributed by atoms with van der Waals surface area (Å²) in [6.07, 6.45) is 0.181. The molecule has 0 fully saturated rings. The summed E-state index contributed by atoms with van der Waals surface area (Å²) in [6, 6.07) is 8.94. The lowest BCUT2D eigenvalue weighted by molar-refractivity contribution is -0.135. The Labute approximate surface area is 155 Å². The number of nitrogens with one attached hydrogen (secondary N) is 1. The lowest BCUT2D eigenvalue weighted by Gasteiger charge is -2.08. The Bertz CT molecular complexity index is 852. The molecule has 1 heterocycles. The Balaban J connectivity index is 2.16. The first-order valence-electron chi connectivity index (χ1n) is 8.15. The van der Waals surface area contributed by atoms with Crippen molar-refractivity contribution >= 4 is 34.9 Å². The molecule has 1 amide bonds. The van der Waals surface area contributed by atoms with Gasteiger partial charge in [-0.15, -0.1) is 10.2 Å². The molecule has 0 unspecified atom stereocenters. The second-order valence-electron chi connectivity index (χ2n) is 5.57. The molecule has 0 radical (unpaired) electrons. The summed E-state index contributed by atoms with van der Waals surface area (Å²) in [6.45, 7) is 1.76. The molecular weight excluding hydrogens is 350 g/mol. The highest BCUT2D eigenvalue weighted by atomic mass is 16.5. The Morgan fingerprint density at radius 3 is 2.56 bits per heavy atom. The van der Waals surface area contributed by atoms with Crippen molar-refractivity contribution in [1.82, 2.24) is 4.98 Å². The summed E-state index contributed by atoms with van der Waals surface area (Å²) in [5.74, 6) is -0.258. The number of carbonyl (C=O) groups is 2. The van der Waals surface area contributed by atoms with Gasteiger partial charge in [-0.25, -0.2) is 9.78 Å². The Kier molecular flexibility index (Phi) is 6.92. The van der Waals surface area contributed by atoms with Crippen LogP contribution in [0.5, 0.6) is 5.75 Å². The van der Waals surface area contributed by atoms with Gasteiger partial charge in [-0.2, -0.15) is 0 Å². The van der Waals surface area contributed by atoms with E-state index in [0.29, 0.717) is 11.4 Å². The number of nitrogens with zero attached hydrogens (tertiary/aromatic N) is 3. The fourth-order valence-electron chi connectivity index (χ4n) is 1.89. The Morgan fingerprint density at radius 2 is 1.89 bits per heavy atom. The lowest BCUT2D eigenvalue weighted by atomic mass is 10.3. The zero-order chi connectivity index (χ0) is 19.8. The first kappa shape index (κ1) is 19.9. The van der Waals surface area contributed by atoms with Crippen LogP contribution in [0.4, 0.5) is 23.0 Å². The van der Waals surface area contributed by atoms with Gasteiger partial charge < -0.3 is 27.3 Å². The number of ether oxygens (including phenoxy) is 1. The molecule has 0 aliphatic carbocycles. The zero-order valence-corrected chi connectivity index (χ0v) is 14.8. The second kappa shape index (κ2) is 9.36. The van der Waals surface area contributed by atoms with Crippen molar-refractivity contribution in [2.75, 3.05) is 17.6 Å². The minimum absolute atomic E-state index is 0.0781. The number of hydrogen-bond donors (Lipinski definition) is 4. The molecule has 0 aliphatic rings. The molecule has 1 aromatic heterocycles. The number of esters is 1. The lowest BCUT2D eigenvalue weighted by Crippen LogP contribution is -2.30.